The molecular formula is C60H124N6O4. The highest BCUT2D eigenvalue weighted by Crippen LogP contribution is 2.15. The van der Waals surface area contributed by atoms with Crippen LogP contribution in [-0.2, 0) is 9.59 Å². The lowest BCUT2D eigenvalue weighted by Gasteiger charge is -2.27. The van der Waals surface area contributed by atoms with Crippen LogP contribution in [0.1, 0.15) is 285 Å². The number of nitrogens with zero attached hydrogens (tertiary/aromatic N) is 2. The van der Waals surface area contributed by atoms with E-state index in [-0.39, 0.29) is 11.8 Å². The second-order valence-corrected chi connectivity index (χ2v) is 21.5. The Labute approximate surface area is 436 Å². The third-order valence-electron chi connectivity index (χ3n) is 14.3. The molecule has 0 fully saturated rings. The van der Waals surface area contributed by atoms with Crippen LogP contribution in [-0.4, -0.2) is 123 Å². The molecule has 6 N–H and O–H groups in total. The molecule has 70 heavy (non-hydrogen) atoms. The number of amides is 2. The van der Waals surface area contributed by atoms with E-state index in [1.807, 2.05) is 0 Å². The van der Waals surface area contributed by atoms with Crippen LogP contribution in [0.2, 0.25) is 0 Å². The van der Waals surface area contributed by atoms with Gasteiger partial charge in [-0.05, 0) is 64.7 Å². The molecule has 418 valence electrons. The molecule has 10 nitrogen and oxygen atoms in total. The number of carbonyl (C=O) groups is 2. The van der Waals surface area contributed by atoms with Gasteiger partial charge in [0.15, 0.2) is 0 Å². The number of hydrogen-bond donors (Lipinski definition) is 6. The average Bonchev–Trinajstić information content (AvgIpc) is 3.35. The summed E-state index contributed by atoms with van der Waals surface area (Å²) in [7, 11) is 0. The largest absolute Gasteiger partial charge is 0.390 e. The zero-order valence-electron chi connectivity index (χ0n) is 47.5. The third-order valence-corrected chi connectivity index (χ3v) is 14.3. The molecule has 0 aliphatic rings. The van der Waals surface area contributed by atoms with E-state index in [1.54, 1.807) is 0 Å². The number of hydrogen-bond acceptors (Lipinski definition) is 8. The number of nitrogens with one attached hydrogen (secondary N) is 4. The zero-order chi connectivity index (χ0) is 51.1. The molecule has 0 aliphatic carbocycles. The first-order chi connectivity index (χ1) is 34.4. The van der Waals surface area contributed by atoms with Crippen molar-refractivity contribution in [3.63, 3.8) is 0 Å². The molecule has 10 heteroatoms. The first kappa shape index (κ1) is 68.7. The Morgan fingerprint density at radius 1 is 0.329 bits per heavy atom. The van der Waals surface area contributed by atoms with Gasteiger partial charge in [0.1, 0.15) is 0 Å². The van der Waals surface area contributed by atoms with Gasteiger partial charge >= 0.3 is 0 Å². The smallest absolute Gasteiger partial charge is 0.221 e. The number of aliphatic hydroxyl groups is 2. The van der Waals surface area contributed by atoms with Crippen LogP contribution in [0.5, 0.6) is 0 Å². The Bertz CT molecular complexity index is 975. The van der Waals surface area contributed by atoms with Crippen molar-refractivity contribution in [2.75, 3.05) is 78.5 Å². The molecular weight excluding hydrogens is 869 g/mol. The Morgan fingerprint density at radius 2 is 0.557 bits per heavy atom. The summed E-state index contributed by atoms with van der Waals surface area (Å²) in [6.07, 6.45) is 48.9. The predicted molar refractivity (Wildman–Crippen MR) is 304 cm³/mol. The minimum Gasteiger partial charge on any atom is -0.390 e. The molecule has 0 aromatic carbocycles. The van der Waals surface area contributed by atoms with Gasteiger partial charge in [-0.15, -0.1) is 0 Å². The summed E-state index contributed by atoms with van der Waals surface area (Å²) in [6, 6.07) is 0. The fourth-order valence-corrected chi connectivity index (χ4v) is 9.72. The van der Waals surface area contributed by atoms with Crippen LogP contribution in [0.25, 0.3) is 0 Å². The van der Waals surface area contributed by atoms with Crippen LogP contribution in [0.15, 0.2) is 0 Å². The van der Waals surface area contributed by atoms with Crippen LogP contribution >= 0.6 is 0 Å². The quantitative estimate of drug-likeness (QED) is 0.0333. The monoisotopic (exact) mass is 993 g/mol. The van der Waals surface area contributed by atoms with Crippen molar-refractivity contribution in [3.8, 4) is 0 Å². The van der Waals surface area contributed by atoms with Crippen molar-refractivity contribution < 1.29 is 19.8 Å². The highest BCUT2D eigenvalue weighted by molar-refractivity contribution is 5.76. The Hall–Kier alpha value is -1.30. The number of carbonyl (C=O) groups excluding carboxylic acids is 2. The van der Waals surface area contributed by atoms with Crippen LogP contribution in [0.4, 0.5) is 0 Å². The topological polar surface area (TPSA) is 129 Å². The van der Waals surface area contributed by atoms with Crippen LogP contribution in [0, 0.1) is 0 Å². The maximum Gasteiger partial charge on any atom is 0.221 e. The van der Waals surface area contributed by atoms with Crippen LogP contribution < -0.4 is 21.3 Å². The van der Waals surface area contributed by atoms with E-state index in [2.05, 4.69) is 58.8 Å². The lowest BCUT2D eigenvalue weighted by atomic mass is 10.1. The van der Waals surface area contributed by atoms with E-state index in [0.29, 0.717) is 52.1 Å². The number of rotatable bonds is 59. The molecule has 2 amide bonds. The van der Waals surface area contributed by atoms with Gasteiger partial charge in [-0.1, -0.05) is 233 Å². The summed E-state index contributed by atoms with van der Waals surface area (Å²) >= 11 is 0. The molecule has 0 saturated carbocycles. The van der Waals surface area contributed by atoms with Crippen molar-refractivity contribution in [2.45, 2.75) is 297 Å². The number of unbranched alkanes of at least 4 members (excludes halogenated alkanes) is 33. The first-order valence-corrected chi connectivity index (χ1v) is 31.1. The molecule has 0 radical (unpaired) electrons. The molecule has 0 spiro atoms. The molecule has 0 aliphatic heterocycles. The lowest BCUT2D eigenvalue weighted by molar-refractivity contribution is -0.121. The predicted octanol–water partition coefficient (Wildman–Crippen LogP) is 13.4. The van der Waals surface area contributed by atoms with Crippen molar-refractivity contribution in [2.24, 2.45) is 0 Å². The van der Waals surface area contributed by atoms with Gasteiger partial charge in [-0.2, -0.15) is 0 Å². The Balaban J connectivity index is 5.03. The van der Waals surface area contributed by atoms with E-state index in [0.717, 1.165) is 65.0 Å². The normalized spacial score (nSPS) is 12.6. The van der Waals surface area contributed by atoms with Gasteiger partial charge in [0.2, 0.25) is 11.8 Å². The summed E-state index contributed by atoms with van der Waals surface area (Å²) in [4.78, 5) is 29.8. The highest BCUT2D eigenvalue weighted by atomic mass is 16.3. The molecule has 0 bridgehead atoms. The maximum absolute atomic E-state index is 12.4. The standard InChI is InChI=1S/C60H124N6O4/c1-5-9-13-17-21-23-25-27-29-31-35-39-49-65(55-57(67)53-61-47-43-59(69)63-45-37-33-19-15-11-7-3)51-41-42-52-66(50-40-36-32-30-28-26-24-22-18-14-10-6-2)56-58(68)54-62-48-44-60(70)64-46-38-34-20-16-12-8-4/h57-58,61-62,67-68H,5-56H2,1-4H3,(H,63,69)(H,64,70). The molecule has 2 unspecified atom stereocenters. The second-order valence-electron chi connectivity index (χ2n) is 21.5. The van der Waals surface area contributed by atoms with E-state index in [1.165, 1.54) is 218 Å². The summed E-state index contributed by atoms with van der Waals surface area (Å²) in [5.41, 5.74) is 0. The van der Waals surface area contributed by atoms with Gasteiger partial charge in [0.25, 0.3) is 0 Å². The minimum absolute atomic E-state index is 0.0964. The maximum atomic E-state index is 12.4. The average molecular weight is 994 g/mol. The SMILES string of the molecule is CCCCCCCCCCCCCCN(CCCCN(CCCCCCCCCCCCCC)CC(O)CNCCC(=O)NCCCCCCCC)CC(O)CNCCC(=O)NCCCCCCCC. The Kier molecular flexibility index (Phi) is 55.9. The Morgan fingerprint density at radius 3 is 0.829 bits per heavy atom. The number of aliphatic hydroxyl groups excluding tert-OH is 2. The van der Waals surface area contributed by atoms with Gasteiger partial charge in [0, 0.05) is 65.2 Å². The fraction of sp³-hybridized carbons (Fsp3) is 0.967. The van der Waals surface area contributed by atoms with E-state index >= 15 is 0 Å². The van der Waals surface area contributed by atoms with Crippen molar-refractivity contribution in [1.29, 1.82) is 0 Å². The zero-order valence-corrected chi connectivity index (χ0v) is 47.5. The summed E-state index contributed by atoms with van der Waals surface area (Å²) in [6.45, 7) is 18.0. The fourth-order valence-electron chi connectivity index (χ4n) is 9.72. The second kappa shape index (κ2) is 57.0. The van der Waals surface area contributed by atoms with Gasteiger partial charge in [-0.3, -0.25) is 9.59 Å². The van der Waals surface area contributed by atoms with E-state index in [9.17, 15) is 19.8 Å². The molecule has 0 heterocycles. The van der Waals surface area contributed by atoms with Crippen molar-refractivity contribution in [1.82, 2.24) is 31.1 Å². The molecule has 0 saturated heterocycles. The van der Waals surface area contributed by atoms with Crippen molar-refractivity contribution in [3.05, 3.63) is 0 Å². The summed E-state index contributed by atoms with van der Waals surface area (Å²) < 4.78 is 0. The first-order valence-electron chi connectivity index (χ1n) is 31.1. The van der Waals surface area contributed by atoms with Gasteiger partial charge < -0.3 is 41.3 Å². The van der Waals surface area contributed by atoms with Gasteiger partial charge in [-0.25, -0.2) is 0 Å². The van der Waals surface area contributed by atoms with Gasteiger partial charge in [0.05, 0.1) is 12.2 Å². The molecule has 0 aromatic heterocycles. The molecule has 0 aromatic rings. The minimum atomic E-state index is -0.472. The molecule has 0 rings (SSSR count). The summed E-state index contributed by atoms with van der Waals surface area (Å²) in [5, 5.41) is 35.2. The van der Waals surface area contributed by atoms with E-state index in [4.69, 9.17) is 0 Å². The van der Waals surface area contributed by atoms with Crippen molar-refractivity contribution >= 4 is 11.8 Å². The van der Waals surface area contributed by atoms with E-state index < -0.39 is 12.2 Å². The molecule has 2 atom stereocenters. The van der Waals surface area contributed by atoms with Crippen LogP contribution in [0.3, 0.4) is 0 Å². The highest BCUT2D eigenvalue weighted by Gasteiger charge is 2.15. The third kappa shape index (κ3) is 53.0. The lowest BCUT2D eigenvalue weighted by Crippen LogP contribution is -2.41. The summed E-state index contributed by atoms with van der Waals surface area (Å²) in [5.74, 6) is 0.193.